The van der Waals surface area contributed by atoms with Crippen LogP contribution in [0.1, 0.15) is 0 Å². The van der Waals surface area contributed by atoms with Crippen LogP contribution >= 0.6 is 133 Å². The topological polar surface area (TPSA) is 0 Å². The highest BCUT2D eigenvalue weighted by molar-refractivity contribution is 9.52. The van der Waals surface area contributed by atoms with Crippen LogP contribution < -0.4 is 0 Å². The standard InChI is InChI=1S/C2Cl6.CBr4/c3-1(4,5)2(6,7)8;2-1(3,4)5. The summed E-state index contributed by atoms with van der Waals surface area (Å²) < 4.78 is -3.95. The van der Waals surface area contributed by atoms with E-state index < -0.39 is 7.59 Å². The molecule has 0 saturated heterocycles. The first kappa shape index (κ1) is 19.0. The molecule has 0 aromatic rings. The van der Waals surface area contributed by atoms with Crippen LogP contribution in [0.4, 0.5) is 0 Å². The Hall–Kier alpha value is 3.66. The molecular formula is C3Br4Cl6. The molecule has 0 unspecified atom stereocenters. The molecule has 0 rings (SSSR count). The normalized spacial score (nSPS) is 13.4. The largest absolute Gasteiger partial charge is 0.236 e. The molecule has 0 N–H and O–H groups in total. The van der Waals surface area contributed by atoms with Gasteiger partial charge in [-0.15, -0.1) is 0 Å². The van der Waals surface area contributed by atoms with Crippen LogP contribution in [0.5, 0.6) is 0 Å². The first-order valence-corrected chi connectivity index (χ1v) is 7.58. The minimum Gasteiger partial charge on any atom is -0.0788 e. The molecule has 0 spiro atoms. The van der Waals surface area contributed by atoms with Crippen molar-refractivity contribution in [3.05, 3.63) is 0 Å². The van der Waals surface area contributed by atoms with Gasteiger partial charge in [0.15, 0.2) is 1.05 Å². The zero-order valence-corrected chi connectivity index (χ0v) is 16.2. The zero-order chi connectivity index (χ0) is 11.5. The first-order valence-electron chi connectivity index (χ1n) is 2.14. The number of alkyl halides is 10. The first-order chi connectivity index (χ1) is 5.25. The molecule has 0 atom stereocenters. The molecule has 0 aliphatic heterocycles. The van der Waals surface area contributed by atoms with Crippen LogP contribution in [0, 0.1) is 0 Å². The highest BCUT2D eigenvalue weighted by Crippen LogP contribution is 2.48. The second-order valence-electron chi connectivity index (χ2n) is 1.42. The Morgan fingerprint density at radius 2 is 0.615 bits per heavy atom. The molecule has 0 aliphatic rings. The maximum Gasteiger partial charge on any atom is 0.236 e. The Labute approximate surface area is 140 Å². The summed E-state index contributed by atoms with van der Waals surface area (Å²) in [6.07, 6.45) is 0. The van der Waals surface area contributed by atoms with Crippen molar-refractivity contribution in [3.63, 3.8) is 0 Å². The monoisotopic (exact) mass is 561 g/mol. The highest BCUT2D eigenvalue weighted by atomic mass is 80.0. The highest BCUT2D eigenvalue weighted by Gasteiger charge is 2.43. The number of rotatable bonds is 0. The molecular weight excluding hydrogens is 568 g/mol. The van der Waals surface area contributed by atoms with Crippen molar-refractivity contribution in [2.24, 2.45) is 0 Å². The van der Waals surface area contributed by atoms with E-state index in [9.17, 15) is 0 Å². The number of hydrogen-bond acceptors (Lipinski definition) is 0. The second kappa shape index (κ2) is 7.17. The summed E-state index contributed by atoms with van der Waals surface area (Å²) in [7, 11) is 0. The number of hydrogen-bond donors (Lipinski definition) is 0. The van der Waals surface area contributed by atoms with Gasteiger partial charge in [-0.2, -0.15) is 0 Å². The quantitative estimate of drug-likeness (QED) is 0.279. The third-order valence-corrected chi connectivity index (χ3v) is 2.89. The van der Waals surface area contributed by atoms with Gasteiger partial charge in [0, 0.05) is 0 Å². The summed E-state index contributed by atoms with van der Waals surface area (Å²) in [5.74, 6) is 0. The fourth-order valence-corrected chi connectivity index (χ4v) is 0. The van der Waals surface area contributed by atoms with Crippen molar-refractivity contribution in [1.82, 2.24) is 0 Å². The van der Waals surface area contributed by atoms with Gasteiger partial charge in [0.25, 0.3) is 0 Å². The fourth-order valence-electron chi connectivity index (χ4n) is 0. The summed E-state index contributed by atoms with van der Waals surface area (Å²) in [6, 6.07) is 0. The van der Waals surface area contributed by atoms with Crippen LogP contribution in [0.2, 0.25) is 0 Å². The average molecular weight is 568 g/mol. The molecule has 0 radical (unpaired) electrons. The van der Waals surface area contributed by atoms with Crippen LogP contribution in [0.15, 0.2) is 0 Å². The van der Waals surface area contributed by atoms with Crippen molar-refractivity contribution in [3.8, 4) is 0 Å². The minimum absolute atomic E-state index is 0.250. The van der Waals surface area contributed by atoms with Gasteiger partial charge in [0.1, 0.15) is 0 Å². The number of halogens is 10. The molecule has 0 fully saturated rings. The zero-order valence-electron chi connectivity index (χ0n) is 5.28. The van der Waals surface area contributed by atoms with E-state index in [2.05, 4.69) is 63.7 Å². The third kappa shape index (κ3) is 18.2. The molecule has 0 aromatic heterocycles. The summed E-state index contributed by atoms with van der Waals surface area (Å²) in [6.45, 7) is 0. The second-order valence-corrected chi connectivity index (χ2v) is 17.1. The van der Waals surface area contributed by atoms with E-state index in [1.807, 2.05) is 0 Å². The van der Waals surface area contributed by atoms with Gasteiger partial charge in [-0.05, 0) is 63.7 Å². The lowest BCUT2D eigenvalue weighted by Crippen LogP contribution is -2.23. The fraction of sp³-hybridized carbons (Fsp3) is 1.00. The molecule has 13 heavy (non-hydrogen) atoms. The SMILES string of the molecule is BrC(Br)(Br)Br.ClC(Cl)(Cl)C(Cl)(Cl)Cl. The summed E-state index contributed by atoms with van der Waals surface area (Å²) >= 11 is 43.4. The Bertz CT molecular complexity index is 123. The Morgan fingerprint density at radius 1 is 0.538 bits per heavy atom. The average Bonchev–Trinajstić information content (AvgIpc) is 1.50. The van der Waals surface area contributed by atoms with Gasteiger partial charge in [-0.25, -0.2) is 0 Å². The van der Waals surface area contributed by atoms with Crippen molar-refractivity contribution < 1.29 is 0 Å². The van der Waals surface area contributed by atoms with Gasteiger partial charge in [0.2, 0.25) is 7.59 Å². The predicted molar refractivity (Wildman–Crippen MR) is 79.0 cm³/mol. The van der Waals surface area contributed by atoms with E-state index in [1.165, 1.54) is 0 Å². The Kier molecular flexibility index (Phi) is 10.5. The van der Waals surface area contributed by atoms with Crippen LogP contribution in [-0.4, -0.2) is 8.64 Å². The van der Waals surface area contributed by atoms with E-state index in [1.54, 1.807) is 0 Å². The molecule has 0 saturated carbocycles. The van der Waals surface area contributed by atoms with Gasteiger partial charge in [-0.1, -0.05) is 69.6 Å². The molecule has 0 amide bonds. The lowest BCUT2D eigenvalue weighted by Gasteiger charge is -2.19. The van der Waals surface area contributed by atoms with Gasteiger partial charge in [0.05, 0.1) is 0 Å². The molecule has 82 valence electrons. The van der Waals surface area contributed by atoms with E-state index in [0.717, 1.165) is 0 Å². The third-order valence-electron chi connectivity index (χ3n) is 0.321. The van der Waals surface area contributed by atoms with E-state index in [-0.39, 0.29) is 1.05 Å². The van der Waals surface area contributed by atoms with Gasteiger partial charge >= 0.3 is 0 Å². The molecule has 0 aliphatic carbocycles. The Morgan fingerprint density at radius 3 is 0.615 bits per heavy atom. The molecule has 0 heterocycles. The molecule has 0 aromatic carbocycles. The Balaban J connectivity index is 0. The van der Waals surface area contributed by atoms with Crippen molar-refractivity contribution in [1.29, 1.82) is 0 Å². The molecule has 10 heteroatoms. The van der Waals surface area contributed by atoms with E-state index in [0.29, 0.717) is 0 Å². The maximum atomic E-state index is 5.14. The molecule has 0 bridgehead atoms. The van der Waals surface area contributed by atoms with Crippen LogP contribution in [-0.2, 0) is 0 Å². The van der Waals surface area contributed by atoms with Crippen LogP contribution in [0.25, 0.3) is 0 Å². The van der Waals surface area contributed by atoms with Crippen LogP contribution in [0.3, 0.4) is 0 Å². The minimum atomic E-state index is -1.85. The molecule has 0 nitrogen and oxygen atoms in total. The van der Waals surface area contributed by atoms with Gasteiger partial charge in [-0.3, -0.25) is 0 Å². The summed E-state index contributed by atoms with van der Waals surface area (Å²) in [5.41, 5.74) is 0. The lowest BCUT2D eigenvalue weighted by atomic mass is 10.9. The lowest BCUT2D eigenvalue weighted by molar-refractivity contribution is 1.10. The van der Waals surface area contributed by atoms with E-state index >= 15 is 0 Å². The summed E-state index contributed by atoms with van der Waals surface area (Å²) in [5, 5.41) is 0. The summed E-state index contributed by atoms with van der Waals surface area (Å²) in [4.78, 5) is 0. The maximum absolute atomic E-state index is 5.14. The van der Waals surface area contributed by atoms with Crippen molar-refractivity contribution in [2.45, 2.75) is 8.64 Å². The van der Waals surface area contributed by atoms with Crippen molar-refractivity contribution >= 4 is 133 Å². The van der Waals surface area contributed by atoms with E-state index in [4.69, 9.17) is 69.6 Å². The predicted octanol–water partition coefficient (Wildman–Crippen LogP) is 6.90. The smallest absolute Gasteiger partial charge is 0.0788 e. The van der Waals surface area contributed by atoms with Crippen molar-refractivity contribution in [2.75, 3.05) is 0 Å². The van der Waals surface area contributed by atoms with Gasteiger partial charge < -0.3 is 0 Å².